The number of halogens is 1. The second-order valence-electron chi connectivity index (χ2n) is 9.25. The second-order valence-corrected chi connectivity index (χ2v) is 9.66. The molecule has 0 saturated heterocycles. The summed E-state index contributed by atoms with van der Waals surface area (Å²) in [4.78, 5) is 26.2. The monoisotopic (exact) mass is 503 g/mol. The smallest absolute Gasteiger partial charge is 0.255 e. The fraction of sp³-hybridized carbons (Fsp3) is 0.296. The zero-order valence-corrected chi connectivity index (χ0v) is 20.8. The summed E-state index contributed by atoms with van der Waals surface area (Å²) in [6.07, 6.45) is 4.54. The van der Waals surface area contributed by atoms with Crippen molar-refractivity contribution in [3.05, 3.63) is 58.9 Å². The molecule has 184 valence electrons. The van der Waals surface area contributed by atoms with Crippen molar-refractivity contribution in [1.82, 2.24) is 20.3 Å². The number of aromatic amines is 1. The maximum absolute atomic E-state index is 13.3. The number of nitrogens with zero attached hydrogens (tertiary/aromatic N) is 2. The Morgan fingerprint density at radius 3 is 2.94 bits per heavy atom. The molecule has 6 rings (SSSR count). The van der Waals surface area contributed by atoms with Gasteiger partial charge in [0.2, 0.25) is 5.88 Å². The zero-order chi connectivity index (χ0) is 24.8. The Hall–Kier alpha value is -3.78. The van der Waals surface area contributed by atoms with Gasteiger partial charge in [-0.3, -0.25) is 9.78 Å². The molecule has 1 amide bonds. The summed E-state index contributed by atoms with van der Waals surface area (Å²) in [6, 6.07) is 11.2. The highest BCUT2D eigenvalue weighted by atomic mass is 35.5. The predicted octanol–water partition coefficient (Wildman–Crippen LogP) is 5.81. The number of amides is 1. The topological polar surface area (TPSA) is 101 Å². The molecule has 5 heterocycles. The number of carbonyl (C=O) groups excluding carboxylic acids is 1. The van der Waals surface area contributed by atoms with E-state index in [0.29, 0.717) is 45.7 Å². The standard InChI is InChI=1S/C27H26ClN5O3/c1-14-5-3-6-15-13-30-27(34)21-22(15)33-24(25(21)31-19-8-4-7-17(28)26(19)35-2)16-11-12-29-18-9-10-20(36-14)32-23(16)18/h4,7-12,14-15,31,33H,3,5-6,13H2,1-2H3,(H,30,34)/t14-,15?/m0/s1. The van der Waals surface area contributed by atoms with Crippen LogP contribution in [0.3, 0.4) is 0 Å². The van der Waals surface area contributed by atoms with Crippen LogP contribution in [0, 0.1) is 0 Å². The number of para-hydroxylation sites is 1. The average molecular weight is 504 g/mol. The Morgan fingerprint density at radius 2 is 2.08 bits per heavy atom. The fourth-order valence-corrected chi connectivity index (χ4v) is 5.43. The number of ether oxygens (including phenoxy) is 2. The largest absolute Gasteiger partial charge is 0.493 e. The summed E-state index contributed by atoms with van der Waals surface area (Å²) in [5, 5.41) is 7.03. The van der Waals surface area contributed by atoms with Gasteiger partial charge < -0.3 is 25.1 Å². The molecule has 8 nitrogen and oxygen atoms in total. The molecule has 0 aliphatic carbocycles. The number of methoxy groups -OCH3 is 1. The van der Waals surface area contributed by atoms with Gasteiger partial charge in [0.05, 0.1) is 46.4 Å². The molecule has 1 aromatic carbocycles. The van der Waals surface area contributed by atoms with Crippen molar-refractivity contribution >= 4 is 39.9 Å². The highest BCUT2D eigenvalue weighted by molar-refractivity contribution is 6.32. The first kappa shape index (κ1) is 22.7. The Kier molecular flexibility index (Phi) is 5.68. The molecule has 4 bridgehead atoms. The number of nitrogens with one attached hydrogen (secondary N) is 3. The van der Waals surface area contributed by atoms with Crippen LogP contribution in [0.15, 0.2) is 42.6 Å². The van der Waals surface area contributed by atoms with Gasteiger partial charge in [0.25, 0.3) is 5.91 Å². The Morgan fingerprint density at radius 1 is 1.19 bits per heavy atom. The van der Waals surface area contributed by atoms with Crippen molar-refractivity contribution in [3.63, 3.8) is 0 Å². The van der Waals surface area contributed by atoms with E-state index in [2.05, 4.69) is 27.5 Å². The van der Waals surface area contributed by atoms with Crippen molar-refractivity contribution in [2.75, 3.05) is 19.0 Å². The highest BCUT2D eigenvalue weighted by Gasteiger charge is 2.33. The molecule has 3 N–H and O–H groups in total. The lowest BCUT2D eigenvalue weighted by atomic mass is 9.91. The molecular weight excluding hydrogens is 478 g/mol. The van der Waals surface area contributed by atoms with Crippen molar-refractivity contribution in [3.8, 4) is 22.9 Å². The second kappa shape index (κ2) is 9.02. The van der Waals surface area contributed by atoms with Crippen LogP contribution < -0.4 is 20.1 Å². The van der Waals surface area contributed by atoms with Crippen LogP contribution in [0.2, 0.25) is 5.02 Å². The Balaban J connectivity index is 1.62. The van der Waals surface area contributed by atoms with Crippen LogP contribution in [0.1, 0.15) is 48.2 Å². The number of pyridine rings is 2. The molecule has 1 unspecified atom stereocenters. The van der Waals surface area contributed by atoms with Gasteiger partial charge >= 0.3 is 0 Å². The minimum atomic E-state index is -0.122. The van der Waals surface area contributed by atoms with E-state index in [1.54, 1.807) is 19.4 Å². The van der Waals surface area contributed by atoms with Crippen LogP contribution in [0.4, 0.5) is 11.4 Å². The normalized spacial score (nSPS) is 19.0. The van der Waals surface area contributed by atoms with Gasteiger partial charge in [0.1, 0.15) is 5.52 Å². The van der Waals surface area contributed by atoms with Gasteiger partial charge in [-0.25, -0.2) is 4.98 Å². The minimum Gasteiger partial charge on any atom is -0.493 e. The SMILES string of the molecule is COc1c(Cl)cccc1Nc1c2[nH]c3c1C(=O)NCC3CCC[C@H](C)Oc1ccc3nccc-2c3n1. The molecule has 0 fully saturated rings. The number of carbonyl (C=O) groups is 1. The van der Waals surface area contributed by atoms with Gasteiger partial charge in [-0.1, -0.05) is 17.7 Å². The Bertz CT molecular complexity index is 1480. The summed E-state index contributed by atoms with van der Waals surface area (Å²) in [7, 11) is 1.57. The van der Waals surface area contributed by atoms with Crippen LogP contribution in [-0.4, -0.2) is 40.6 Å². The van der Waals surface area contributed by atoms with Crippen LogP contribution in [-0.2, 0) is 0 Å². The van der Waals surface area contributed by atoms with Crippen molar-refractivity contribution < 1.29 is 14.3 Å². The number of hydrogen-bond acceptors (Lipinski definition) is 6. The maximum atomic E-state index is 13.3. The first-order valence-corrected chi connectivity index (χ1v) is 12.5. The summed E-state index contributed by atoms with van der Waals surface area (Å²) in [5.41, 5.74) is 5.85. The Labute approximate surface area is 213 Å². The third kappa shape index (κ3) is 3.82. The summed E-state index contributed by atoms with van der Waals surface area (Å²) >= 11 is 6.41. The maximum Gasteiger partial charge on any atom is 0.255 e. The lowest BCUT2D eigenvalue weighted by molar-refractivity contribution is 0.0939. The quantitative estimate of drug-likeness (QED) is 0.326. The van der Waals surface area contributed by atoms with Crippen molar-refractivity contribution in [1.29, 1.82) is 0 Å². The molecule has 2 aliphatic heterocycles. The molecule has 0 saturated carbocycles. The summed E-state index contributed by atoms with van der Waals surface area (Å²) < 4.78 is 11.7. The first-order valence-electron chi connectivity index (χ1n) is 12.1. The molecule has 0 spiro atoms. The molecular formula is C27H26ClN5O3. The lowest BCUT2D eigenvalue weighted by Crippen LogP contribution is -2.35. The van der Waals surface area contributed by atoms with Gasteiger partial charge in [-0.15, -0.1) is 0 Å². The number of fused-ring (bicyclic) bond motifs is 3. The van der Waals surface area contributed by atoms with E-state index in [0.717, 1.165) is 41.7 Å². The third-order valence-electron chi connectivity index (χ3n) is 6.92. The highest BCUT2D eigenvalue weighted by Crippen LogP contribution is 2.44. The zero-order valence-electron chi connectivity index (χ0n) is 20.0. The number of anilines is 2. The third-order valence-corrected chi connectivity index (χ3v) is 7.21. The molecule has 9 heteroatoms. The molecule has 36 heavy (non-hydrogen) atoms. The molecule has 2 atom stereocenters. The van der Waals surface area contributed by atoms with E-state index < -0.39 is 0 Å². The number of benzene rings is 1. The summed E-state index contributed by atoms with van der Waals surface area (Å²) in [5.74, 6) is 1.09. The molecule has 2 aliphatic rings. The molecule has 0 radical (unpaired) electrons. The number of rotatable bonds is 3. The lowest BCUT2D eigenvalue weighted by Gasteiger charge is -2.24. The van der Waals surface area contributed by atoms with Crippen LogP contribution in [0.25, 0.3) is 22.3 Å². The minimum absolute atomic E-state index is 0.0272. The van der Waals surface area contributed by atoms with Crippen molar-refractivity contribution in [2.45, 2.75) is 38.2 Å². The van der Waals surface area contributed by atoms with E-state index in [4.69, 9.17) is 26.1 Å². The van der Waals surface area contributed by atoms with Gasteiger partial charge in [-0.05, 0) is 50.5 Å². The number of H-pyrrole nitrogens is 1. The van der Waals surface area contributed by atoms with Gasteiger partial charge in [0, 0.05) is 36.0 Å². The van der Waals surface area contributed by atoms with E-state index in [-0.39, 0.29) is 17.9 Å². The van der Waals surface area contributed by atoms with Crippen molar-refractivity contribution in [2.24, 2.45) is 0 Å². The molecule has 3 aromatic heterocycles. The van der Waals surface area contributed by atoms with Crippen LogP contribution >= 0.6 is 11.6 Å². The van der Waals surface area contributed by atoms with Gasteiger partial charge in [0.15, 0.2) is 5.75 Å². The first-order chi connectivity index (χ1) is 17.5. The van der Waals surface area contributed by atoms with E-state index in [9.17, 15) is 4.79 Å². The number of aromatic nitrogens is 3. The predicted molar refractivity (Wildman–Crippen MR) is 140 cm³/mol. The summed E-state index contributed by atoms with van der Waals surface area (Å²) in [6.45, 7) is 2.65. The van der Waals surface area contributed by atoms with E-state index in [1.807, 2.05) is 30.3 Å². The fourth-order valence-electron chi connectivity index (χ4n) is 5.18. The average Bonchev–Trinajstić information content (AvgIpc) is 3.25. The molecule has 4 aromatic rings. The number of hydrogen-bond donors (Lipinski definition) is 3. The van der Waals surface area contributed by atoms with E-state index in [1.165, 1.54) is 0 Å². The van der Waals surface area contributed by atoms with Gasteiger partial charge in [-0.2, -0.15) is 0 Å². The van der Waals surface area contributed by atoms with Crippen LogP contribution in [0.5, 0.6) is 11.6 Å². The van der Waals surface area contributed by atoms with E-state index >= 15 is 0 Å².